The van der Waals surface area contributed by atoms with Crippen molar-refractivity contribution in [2.75, 3.05) is 26.2 Å². The summed E-state index contributed by atoms with van der Waals surface area (Å²) in [6, 6.07) is 4.03. The molecule has 1 aromatic carbocycles. The van der Waals surface area contributed by atoms with Gasteiger partial charge in [-0.15, -0.1) is 0 Å². The van der Waals surface area contributed by atoms with Gasteiger partial charge in [-0.1, -0.05) is 12.8 Å². The molecule has 2 fully saturated rings. The van der Waals surface area contributed by atoms with Crippen LogP contribution >= 0.6 is 0 Å². The van der Waals surface area contributed by atoms with Crippen LogP contribution in [0.1, 0.15) is 32.1 Å². The zero-order valence-electron chi connectivity index (χ0n) is 14.3. The van der Waals surface area contributed by atoms with Gasteiger partial charge in [0.1, 0.15) is 12.4 Å². The number of rotatable bonds is 6. The van der Waals surface area contributed by atoms with Gasteiger partial charge in [0.15, 0.2) is 11.6 Å². The van der Waals surface area contributed by atoms with Crippen molar-refractivity contribution >= 4 is 6.03 Å². The van der Waals surface area contributed by atoms with Gasteiger partial charge >= 0.3 is 6.03 Å². The number of nitrogens with zero attached hydrogens (tertiary/aromatic N) is 1. The second-order valence-electron chi connectivity index (χ2n) is 6.74. The minimum Gasteiger partial charge on any atom is -0.492 e. The van der Waals surface area contributed by atoms with Crippen molar-refractivity contribution in [3.63, 3.8) is 0 Å². The Morgan fingerprint density at radius 1 is 1.20 bits per heavy atom. The Morgan fingerprint density at radius 2 is 2.00 bits per heavy atom. The second-order valence-corrected chi connectivity index (χ2v) is 6.74. The Bertz CT molecular complexity index is 594. The number of hydrogen-bond acceptors (Lipinski definition) is 3. The van der Waals surface area contributed by atoms with E-state index in [4.69, 9.17) is 4.74 Å². The fraction of sp³-hybridized carbons (Fsp3) is 0.611. The van der Waals surface area contributed by atoms with E-state index in [9.17, 15) is 13.6 Å². The highest BCUT2D eigenvalue weighted by Gasteiger charge is 2.30. The zero-order valence-corrected chi connectivity index (χ0v) is 14.3. The Kier molecular flexibility index (Phi) is 6.07. The normalized spacial score (nSPS) is 21.4. The summed E-state index contributed by atoms with van der Waals surface area (Å²) in [6.45, 7) is 2.46. The number of carbonyl (C=O) groups excluding carboxylic acids is 1. The standard InChI is InChI=1S/C18H25F2N3O2/c19-16-6-5-15(11-17(16)20)25-10-8-21-18(24)22-13-7-9-23(12-13)14-3-1-2-4-14/h5-6,11,13-14H,1-4,7-10,12H2,(H2,21,22,24). The average molecular weight is 353 g/mol. The minimum absolute atomic E-state index is 0.188. The van der Waals surface area contributed by atoms with Crippen LogP contribution in [0.4, 0.5) is 13.6 Å². The third-order valence-corrected chi connectivity index (χ3v) is 4.94. The topological polar surface area (TPSA) is 53.6 Å². The fourth-order valence-electron chi connectivity index (χ4n) is 3.64. The van der Waals surface area contributed by atoms with Crippen molar-refractivity contribution in [1.82, 2.24) is 15.5 Å². The molecule has 5 nitrogen and oxygen atoms in total. The van der Waals surface area contributed by atoms with Crippen molar-refractivity contribution in [2.45, 2.75) is 44.2 Å². The quantitative estimate of drug-likeness (QED) is 0.773. The molecular weight excluding hydrogens is 328 g/mol. The van der Waals surface area contributed by atoms with Gasteiger partial charge in [0.2, 0.25) is 0 Å². The summed E-state index contributed by atoms with van der Waals surface area (Å²) in [5, 5.41) is 5.72. The van der Waals surface area contributed by atoms with E-state index in [2.05, 4.69) is 15.5 Å². The van der Waals surface area contributed by atoms with E-state index in [1.165, 1.54) is 31.7 Å². The predicted molar refractivity (Wildman–Crippen MR) is 90.6 cm³/mol. The van der Waals surface area contributed by atoms with Gasteiger partial charge in [-0.25, -0.2) is 13.6 Å². The van der Waals surface area contributed by atoms with Crippen molar-refractivity contribution in [2.24, 2.45) is 0 Å². The molecule has 2 aliphatic rings. The van der Waals surface area contributed by atoms with Gasteiger partial charge in [0.05, 0.1) is 6.54 Å². The fourth-order valence-corrected chi connectivity index (χ4v) is 3.64. The van der Waals surface area contributed by atoms with E-state index in [1.807, 2.05) is 0 Å². The third-order valence-electron chi connectivity index (χ3n) is 4.94. The number of nitrogens with one attached hydrogen (secondary N) is 2. The van der Waals surface area contributed by atoms with Crippen LogP contribution in [0, 0.1) is 11.6 Å². The molecule has 7 heteroatoms. The number of urea groups is 1. The summed E-state index contributed by atoms with van der Waals surface area (Å²) in [4.78, 5) is 14.4. The van der Waals surface area contributed by atoms with Crippen LogP contribution in [0.3, 0.4) is 0 Å². The predicted octanol–water partition coefficient (Wildman–Crippen LogP) is 2.66. The van der Waals surface area contributed by atoms with E-state index in [0.717, 1.165) is 31.6 Å². The van der Waals surface area contributed by atoms with E-state index >= 15 is 0 Å². The smallest absolute Gasteiger partial charge is 0.315 e. The molecule has 0 bridgehead atoms. The first kappa shape index (κ1) is 17.9. The first-order valence-electron chi connectivity index (χ1n) is 8.98. The number of carbonyl (C=O) groups is 1. The highest BCUT2D eigenvalue weighted by molar-refractivity contribution is 5.74. The molecule has 1 saturated heterocycles. The summed E-state index contributed by atoms with van der Waals surface area (Å²) < 4.78 is 31.2. The highest BCUT2D eigenvalue weighted by atomic mass is 19.2. The van der Waals surface area contributed by atoms with Gasteiger partial charge in [0, 0.05) is 31.2 Å². The summed E-state index contributed by atoms with van der Waals surface area (Å²) in [5.41, 5.74) is 0. The minimum atomic E-state index is -0.948. The van der Waals surface area contributed by atoms with Crippen LogP contribution in [-0.2, 0) is 0 Å². The van der Waals surface area contributed by atoms with Gasteiger partial charge in [-0.05, 0) is 31.4 Å². The highest BCUT2D eigenvalue weighted by Crippen LogP contribution is 2.26. The summed E-state index contributed by atoms with van der Waals surface area (Å²) >= 11 is 0. The third kappa shape index (κ3) is 5.04. The SMILES string of the molecule is O=C(NCCOc1ccc(F)c(F)c1)NC1CCN(C2CCCC2)C1. The molecule has 1 aliphatic carbocycles. The van der Waals surface area contributed by atoms with Gasteiger partial charge in [-0.2, -0.15) is 0 Å². The first-order valence-corrected chi connectivity index (χ1v) is 8.98. The molecule has 0 aromatic heterocycles. The Morgan fingerprint density at radius 3 is 2.76 bits per heavy atom. The molecule has 2 N–H and O–H groups in total. The molecule has 0 spiro atoms. The number of likely N-dealkylation sites (tertiary alicyclic amines) is 1. The molecular formula is C18H25F2N3O2. The number of ether oxygens (including phenoxy) is 1. The van der Waals surface area contributed by atoms with Crippen LogP contribution in [0.15, 0.2) is 18.2 Å². The van der Waals surface area contributed by atoms with Gasteiger partial charge < -0.3 is 15.4 Å². The Hall–Kier alpha value is -1.89. The zero-order chi connectivity index (χ0) is 17.6. The molecule has 25 heavy (non-hydrogen) atoms. The van der Waals surface area contributed by atoms with Crippen molar-refractivity contribution in [1.29, 1.82) is 0 Å². The monoisotopic (exact) mass is 353 g/mol. The van der Waals surface area contributed by atoms with E-state index in [0.29, 0.717) is 12.6 Å². The first-order chi connectivity index (χ1) is 12.1. The van der Waals surface area contributed by atoms with Crippen molar-refractivity contribution in [3.8, 4) is 5.75 Å². The molecule has 1 unspecified atom stereocenters. The molecule has 1 heterocycles. The number of amides is 2. The molecule has 1 aromatic rings. The molecule has 2 amide bonds. The summed E-state index contributed by atoms with van der Waals surface area (Å²) in [6.07, 6.45) is 6.17. The lowest BCUT2D eigenvalue weighted by Crippen LogP contribution is -2.45. The van der Waals surface area contributed by atoms with Gasteiger partial charge in [-0.3, -0.25) is 4.90 Å². The molecule has 3 rings (SSSR count). The maximum atomic E-state index is 13.0. The summed E-state index contributed by atoms with van der Waals surface area (Å²) in [5.74, 6) is -1.62. The Balaban J connectivity index is 1.31. The molecule has 1 aliphatic heterocycles. The van der Waals surface area contributed by atoms with E-state index in [-0.39, 0.29) is 24.4 Å². The summed E-state index contributed by atoms with van der Waals surface area (Å²) in [7, 11) is 0. The molecule has 1 atom stereocenters. The van der Waals surface area contributed by atoms with Gasteiger partial charge in [0.25, 0.3) is 0 Å². The lowest BCUT2D eigenvalue weighted by molar-refractivity contribution is 0.225. The van der Waals surface area contributed by atoms with Crippen LogP contribution < -0.4 is 15.4 Å². The molecule has 1 saturated carbocycles. The van der Waals surface area contributed by atoms with Crippen LogP contribution in [-0.4, -0.2) is 49.3 Å². The van der Waals surface area contributed by atoms with Crippen LogP contribution in [0.2, 0.25) is 0 Å². The largest absolute Gasteiger partial charge is 0.492 e. The average Bonchev–Trinajstić information content (AvgIpc) is 3.26. The number of halogens is 2. The van der Waals surface area contributed by atoms with Crippen LogP contribution in [0.5, 0.6) is 5.75 Å². The molecule has 0 radical (unpaired) electrons. The second kappa shape index (κ2) is 8.47. The van der Waals surface area contributed by atoms with E-state index in [1.54, 1.807) is 0 Å². The van der Waals surface area contributed by atoms with Crippen molar-refractivity contribution < 1.29 is 18.3 Å². The number of benzene rings is 1. The van der Waals surface area contributed by atoms with Crippen molar-refractivity contribution in [3.05, 3.63) is 29.8 Å². The maximum Gasteiger partial charge on any atom is 0.315 e. The van der Waals surface area contributed by atoms with E-state index < -0.39 is 11.6 Å². The van der Waals surface area contributed by atoms with Crippen LogP contribution in [0.25, 0.3) is 0 Å². The Labute approximate surface area is 146 Å². The maximum absolute atomic E-state index is 13.0. The lowest BCUT2D eigenvalue weighted by atomic mass is 10.2. The molecule has 138 valence electrons. The number of hydrogen-bond donors (Lipinski definition) is 2. The lowest BCUT2D eigenvalue weighted by Gasteiger charge is -2.23.